The van der Waals surface area contributed by atoms with Gasteiger partial charge in [-0.2, -0.15) is 0 Å². The van der Waals surface area contributed by atoms with E-state index in [2.05, 4.69) is 10.7 Å². The molecule has 4 N–H and O–H groups in total. The fraction of sp³-hybridized carbons (Fsp3) is 0.267. The molecule has 0 aliphatic heterocycles. The van der Waals surface area contributed by atoms with Crippen LogP contribution in [0.3, 0.4) is 0 Å². The summed E-state index contributed by atoms with van der Waals surface area (Å²) in [6, 6.07) is 9.14. The highest BCUT2D eigenvalue weighted by Crippen LogP contribution is 2.30. The topological polar surface area (TPSA) is 83.5 Å². The van der Waals surface area contributed by atoms with Crippen molar-refractivity contribution in [3.63, 3.8) is 0 Å². The van der Waals surface area contributed by atoms with Gasteiger partial charge < -0.3 is 14.6 Å². The van der Waals surface area contributed by atoms with Crippen LogP contribution in [-0.2, 0) is 6.54 Å². The summed E-state index contributed by atoms with van der Waals surface area (Å²) in [5.41, 5.74) is 4.74. The normalized spacial score (nSPS) is 10.3. The number of hydrogen-bond acceptors (Lipinski definition) is 4. The molecule has 112 valence electrons. The molecule has 0 unspecified atom stereocenters. The molecule has 2 rings (SSSR count). The quantitative estimate of drug-likeness (QED) is 0.458. The fourth-order valence-corrected chi connectivity index (χ4v) is 2.31. The molecule has 0 radical (unpaired) electrons. The summed E-state index contributed by atoms with van der Waals surface area (Å²) in [5, 5.41) is 2.73. The van der Waals surface area contributed by atoms with Crippen LogP contribution >= 0.6 is 0 Å². The molecular weight excluding hydrogens is 268 g/mol. The summed E-state index contributed by atoms with van der Waals surface area (Å²) in [6.45, 7) is 4.51. The SMILES string of the molecule is Cc1ccc(CN(C)c2c(C)cccc2NC(=O)NN)o1. The van der Waals surface area contributed by atoms with Crippen molar-refractivity contribution in [1.82, 2.24) is 5.43 Å². The van der Waals surface area contributed by atoms with Crippen molar-refractivity contribution in [2.24, 2.45) is 5.84 Å². The van der Waals surface area contributed by atoms with Crippen molar-refractivity contribution >= 4 is 17.4 Å². The first-order valence-electron chi connectivity index (χ1n) is 6.65. The summed E-state index contributed by atoms with van der Waals surface area (Å²) in [4.78, 5) is 13.5. The summed E-state index contributed by atoms with van der Waals surface area (Å²) in [7, 11) is 1.95. The number of carbonyl (C=O) groups is 1. The van der Waals surface area contributed by atoms with Gasteiger partial charge in [-0.3, -0.25) is 5.43 Å². The zero-order valence-corrected chi connectivity index (χ0v) is 12.4. The number of nitrogens with one attached hydrogen (secondary N) is 2. The number of anilines is 2. The Morgan fingerprint density at radius 3 is 2.67 bits per heavy atom. The van der Waals surface area contributed by atoms with Gasteiger partial charge in [-0.05, 0) is 37.6 Å². The van der Waals surface area contributed by atoms with Gasteiger partial charge in [0.25, 0.3) is 0 Å². The van der Waals surface area contributed by atoms with Crippen molar-refractivity contribution in [2.45, 2.75) is 20.4 Å². The lowest BCUT2D eigenvalue weighted by Gasteiger charge is -2.23. The number of furan rings is 1. The Hall–Kier alpha value is -2.47. The first-order chi connectivity index (χ1) is 10.0. The lowest BCUT2D eigenvalue weighted by molar-refractivity contribution is 0.252. The third kappa shape index (κ3) is 3.55. The number of para-hydroxylation sites is 1. The van der Waals surface area contributed by atoms with Gasteiger partial charge in [0.1, 0.15) is 11.5 Å². The van der Waals surface area contributed by atoms with Crippen molar-refractivity contribution in [3.8, 4) is 0 Å². The number of amides is 2. The maximum absolute atomic E-state index is 11.4. The van der Waals surface area contributed by atoms with E-state index in [1.807, 2.05) is 56.1 Å². The Morgan fingerprint density at radius 1 is 1.29 bits per heavy atom. The minimum atomic E-state index is -0.455. The Morgan fingerprint density at radius 2 is 2.05 bits per heavy atom. The van der Waals surface area contributed by atoms with Crippen LogP contribution in [0.25, 0.3) is 0 Å². The van der Waals surface area contributed by atoms with Crippen LogP contribution in [0.4, 0.5) is 16.2 Å². The monoisotopic (exact) mass is 288 g/mol. The molecule has 0 fully saturated rings. The van der Waals surface area contributed by atoms with Crippen molar-refractivity contribution in [2.75, 3.05) is 17.3 Å². The number of hydrogen-bond donors (Lipinski definition) is 3. The Balaban J connectivity index is 2.26. The van der Waals surface area contributed by atoms with E-state index in [4.69, 9.17) is 10.3 Å². The van der Waals surface area contributed by atoms with Crippen LogP contribution < -0.4 is 21.5 Å². The maximum atomic E-state index is 11.4. The molecule has 0 bridgehead atoms. The Bertz CT molecular complexity index is 636. The van der Waals surface area contributed by atoms with Crippen LogP contribution in [-0.4, -0.2) is 13.1 Å². The maximum Gasteiger partial charge on any atom is 0.333 e. The van der Waals surface area contributed by atoms with E-state index in [1.54, 1.807) is 0 Å². The van der Waals surface area contributed by atoms with Gasteiger partial charge >= 0.3 is 6.03 Å². The average Bonchev–Trinajstić information content (AvgIpc) is 2.83. The van der Waals surface area contributed by atoms with E-state index < -0.39 is 6.03 Å². The Kier molecular flexibility index (Phi) is 4.49. The minimum Gasteiger partial charge on any atom is -0.464 e. The van der Waals surface area contributed by atoms with E-state index in [9.17, 15) is 4.79 Å². The van der Waals surface area contributed by atoms with E-state index in [0.717, 1.165) is 22.8 Å². The number of aryl methyl sites for hydroxylation is 2. The van der Waals surface area contributed by atoms with E-state index in [-0.39, 0.29) is 0 Å². The number of rotatable bonds is 4. The van der Waals surface area contributed by atoms with E-state index in [0.29, 0.717) is 12.2 Å². The van der Waals surface area contributed by atoms with Crippen LogP contribution in [0.15, 0.2) is 34.7 Å². The molecule has 0 aliphatic carbocycles. The molecule has 1 aromatic carbocycles. The third-order valence-corrected chi connectivity index (χ3v) is 3.19. The molecule has 2 amide bonds. The zero-order valence-electron chi connectivity index (χ0n) is 12.4. The molecule has 0 saturated heterocycles. The second-order valence-electron chi connectivity index (χ2n) is 4.94. The van der Waals surface area contributed by atoms with Gasteiger partial charge in [0, 0.05) is 7.05 Å². The second-order valence-corrected chi connectivity index (χ2v) is 4.94. The van der Waals surface area contributed by atoms with Crippen molar-refractivity contribution in [3.05, 3.63) is 47.4 Å². The summed E-state index contributed by atoms with van der Waals surface area (Å²) < 4.78 is 5.60. The zero-order chi connectivity index (χ0) is 15.4. The lowest BCUT2D eigenvalue weighted by Crippen LogP contribution is -2.35. The average molecular weight is 288 g/mol. The molecule has 6 nitrogen and oxygen atoms in total. The predicted octanol–water partition coefficient (Wildman–Crippen LogP) is 2.53. The molecule has 0 atom stereocenters. The number of nitrogens with zero attached hydrogens (tertiary/aromatic N) is 1. The fourth-order valence-electron chi connectivity index (χ4n) is 2.31. The number of hydrazine groups is 1. The van der Waals surface area contributed by atoms with E-state index >= 15 is 0 Å². The van der Waals surface area contributed by atoms with Gasteiger partial charge in [-0.25, -0.2) is 10.6 Å². The molecule has 1 heterocycles. The Labute approximate surface area is 123 Å². The van der Waals surface area contributed by atoms with Gasteiger partial charge in [0.2, 0.25) is 0 Å². The number of benzene rings is 1. The predicted molar refractivity (Wildman–Crippen MR) is 83.1 cm³/mol. The second kappa shape index (κ2) is 6.32. The smallest absolute Gasteiger partial charge is 0.333 e. The lowest BCUT2D eigenvalue weighted by atomic mass is 10.1. The van der Waals surface area contributed by atoms with E-state index in [1.165, 1.54) is 0 Å². The summed E-state index contributed by atoms with van der Waals surface area (Å²) in [6.07, 6.45) is 0. The number of nitrogens with two attached hydrogens (primary N) is 1. The number of carbonyl (C=O) groups excluding carboxylic acids is 1. The molecule has 0 aliphatic rings. The highest BCUT2D eigenvalue weighted by molar-refractivity contribution is 5.93. The highest BCUT2D eigenvalue weighted by atomic mass is 16.3. The van der Waals surface area contributed by atoms with Crippen LogP contribution in [0, 0.1) is 13.8 Å². The largest absolute Gasteiger partial charge is 0.464 e. The minimum absolute atomic E-state index is 0.455. The molecule has 6 heteroatoms. The van der Waals surface area contributed by atoms with Crippen LogP contribution in [0.2, 0.25) is 0 Å². The van der Waals surface area contributed by atoms with Gasteiger partial charge in [0.15, 0.2) is 0 Å². The van der Waals surface area contributed by atoms with Gasteiger partial charge in [-0.15, -0.1) is 0 Å². The molecule has 2 aromatic rings. The van der Waals surface area contributed by atoms with Crippen LogP contribution in [0.1, 0.15) is 17.1 Å². The van der Waals surface area contributed by atoms with Gasteiger partial charge in [-0.1, -0.05) is 12.1 Å². The van der Waals surface area contributed by atoms with Gasteiger partial charge in [0.05, 0.1) is 17.9 Å². The first kappa shape index (κ1) is 14.9. The third-order valence-electron chi connectivity index (χ3n) is 3.19. The summed E-state index contributed by atoms with van der Waals surface area (Å²) >= 11 is 0. The van der Waals surface area contributed by atoms with Crippen LogP contribution in [0.5, 0.6) is 0 Å². The highest BCUT2D eigenvalue weighted by Gasteiger charge is 2.14. The number of urea groups is 1. The molecular formula is C15H20N4O2. The first-order valence-corrected chi connectivity index (χ1v) is 6.65. The van der Waals surface area contributed by atoms with Crippen molar-refractivity contribution in [1.29, 1.82) is 0 Å². The van der Waals surface area contributed by atoms with Crippen molar-refractivity contribution < 1.29 is 9.21 Å². The summed E-state index contributed by atoms with van der Waals surface area (Å²) in [5.74, 6) is 6.87. The molecule has 21 heavy (non-hydrogen) atoms. The molecule has 0 saturated carbocycles. The molecule has 1 aromatic heterocycles. The molecule has 0 spiro atoms. The standard InChI is InChI=1S/C15H20N4O2/c1-10-5-4-6-13(17-15(20)18-16)14(10)19(3)9-12-8-7-11(2)21-12/h4-8H,9,16H2,1-3H3,(H2,17,18,20).